The number of aliphatic imine (C=N–C) groups is 1. The van der Waals surface area contributed by atoms with Crippen molar-refractivity contribution < 1.29 is 49.7 Å². The van der Waals surface area contributed by atoms with Gasteiger partial charge in [-0.1, -0.05) is 0 Å². The van der Waals surface area contributed by atoms with Gasteiger partial charge in [0, 0.05) is 18.6 Å². The monoisotopic (exact) mass is 346 g/mol. The maximum absolute atomic E-state index is 4.47. The quantitative estimate of drug-likeness (QED) is 0.451. The van der Waals surface area contributed by atoms with Crippen LogP contribution in [-0.4, -0.2) is 13.8 Å². The van der Waals surface area contributed by atoms with E-state index in [1.807, 2.05) is 0 Å². The Morgan fingerprint density at radius 3 is 1.50 bits per heavy atom. The Labute approximate surface area is 75.3 Å². The Kier molecular flexibility index (Phi) is 148. The summed E-state index contributed by atoms with van der Waals surface area (Å²) in [6, 6.07) is 0. The van der Waals surface area contributed by atoms with Gasteiger partial charge in [-0.3, -0.25) is 0 Å². The van der Waals surface area contributed by atoms with E-state index in [4.69, 9.17) is 0 Å². The van der Waals surface area contributed by atoms with Crippen LogP contribution in [0.3, 0.4) is 0 Å². The maximum atomic E-state index is 4.47. The van der Waals surface area contributed by atoms with Crippen molar-refractivity contribution in [1.29, 1.82) is 0 Å². The second-order valence-corrected chi connectivity index (χ2v) is 0.258. The molecule has 0 aliphatic carbocycles. The fourth-order valence-electron chi connectivity index (χ4n) is 0. The van der Waals surface area contributed by atoms with Gasteiger partial charge in [0.25, 0.3) is 0 Å². The summed E-state index contributed by atoms with van der Waals surface area (Å²) in [7, 11) is 1.53. The van der Waals surface area contributed by atoms with Crippen LogP contribution in [0.5, 0.6) is 0 Å². The van der Waals surface area contributed by atoms with Gasteiger partial charge >= 0.3 is 31.1 Å². The predicted molar refractivity (Wildman–Crippen MR) is 20.8 cm³/mol. The normalized spacial score (nSPS) is 2.17. The van der Waals surface area contributed by atoms with Crippen molar-refractivity contribution in [3.63, 3.8) is 0 Å². The van der Waals surface area contributed by atoms with Crippen molar-refractivity contribution in [2.45, 2.75) is 0 Å². The summed E-state index contributed by atoms with van der Waals surface area (Å²) in [4.78, 5) is 3.00. The molecule has 6 heavy (non-hydrogen) atoms. The third-order valence-electron chi connectivity index (χ3n) is 0. The topological polar surface area (TPSA) is 12.4 Å². The van der Waals surface area contributed by atoms with Crippen LogP contribution in [0.25, 0.3) is 0 Å². The molecule has 0 unspecified atom stereocenters. The molecule has 0 aromatic heterocycles. The number of hydrogen-bond donors (Lipinski definition) is 0. The molecule has 0 N–H and O–H groups in total. The van der Waals surface area contributed by atoms with Crippen LogP contribution in [0.15, 0.2) is 4.99 Å². The first kappa shape index (κ1) is 26.6. The van der Waals surface area contributed by atoms with Crippen LogP contribution in [0.2, 0.25) is 0 Å². The molecule has 0 aliphatic heterocycles. The zero-order chi connectivity index (χ0) is 2.71. The first-order chi connectivity index (χ1) is 1.41. The van der Waals surface area contributed by atoms with Crippen LogP contribution in [0.1, 0.15) is 0 Å². The van der Waals surface area contributed by atoms with E-state index >= 15 is 0 Å². The van der Waals surface area contributed by atoms with Crippen molar-refractivity contribution in [3.8, 4) is 0 Å². The zero-order valence-electron chi connectivity index (χ0n) is 3.97. The summed E-state index contributed by atoms with van der Waals surface area (Å²) < 4.78 is 0. The molecule has 3 heteroatoms. The Morgan fingerprint density at radius 2 is 1.50 bits per heavy atom. The molecule has 0 fully saturated rings. The summed E-state index contributed by atoms with van der Waals surface area (Å²) in [5.41, 5.74) is 0. The molecule has 0 aromatic rings. The predicted octanol–water partition coefficient (Wildman–Crippen LogP) is 0.642. The molecule has 0 aromatic carbocycles. The van der Waals surface area contributed by atoms with Crippen molar-refractivity contribution in [1.82, 2.24) is 0 Å². The minimum atomic E-state index is 0. The molecule has 0 saturated carbocycles. The Hall–Kier alpha value is 1.31. The van der Waals surface area contributed by atoms with E-state index < -0.39 is 0 Å². The van der Waals surface area contributed by atoms with Gasteiger partial charge in [-0.2, -0.15) is 0 Å². The number of hydrogen-bond acceptors (Lipinski definition) is 1. The molecule has 33 valence electrons. The van der Waals surface area contributed by atoms with Crippen LogP contribution in [0.4, 0.5) is 0 Å². The van der Waals surface area contributed by atoms with E-state index in [9.17, 15) is 0 Å². The van der Waals surface area contributed by atoms with Gasteiger partial charge in [-0.15, -0.1) is 0 Å². The summed E-state index contributed by atoms with van der Waals surface area (Å²) in [6.45, 7) is 4.47. The zero-order valence-corrected chi connectivity index (χ0v) is 9.53. The Balaban J connectivity index is -0.00000000667. The van der Waals surface area contributed by atoms with Crippen molar-refractivity contribution in [2.24, 2.45) is 4.99 Å². The molecule has 1 nitrogen and oxygen atoms in total. The molecule has 0 amide bonds. The average Bonchev–Trinajstić information content (AvgIpc) is 0.918. The van der Waals surface area contributed by atoms with Gasteiger partial charge < -0.3 is 19.1 Å². The first-order valence-corrected chi connectivity index (χ1v) is 0.705. The molecule has 0 bridgehead atoms. The molecular weight excluding hydrogens is 339 g/mol. The van der Waals surface area contributed by atoms with Crippen molar-refractivity contribution >= 4 is 6.72 Å². The van der Waals surface area contributed by atoms with Crippen LogP contribution >= 0.6 is 0 Å². The van der Waals surface area contributed by atoms with E-state index in [-0.39, 0.29) is 57.1 Å². The van der Waals surface area contributed by atoms with Crippen molar-refractivity contribution in [2.75, 3.05) is 7.05 Å². The first-order valence-electron chi connectivity index (χ1n) is 0.705. The van der Waals surface area contributed by atoms with Gasteiger partial charge in [0.2, 0.25) is 0 Å². The maximum Gasteiger partial charge on any atom is 2.00 e. The molecule has 1 radical (unpaired) electrons. The fourth-order valence-corrected chi connectivity index (χ4v) is 0. The molecule has 0 saturated heterocycles. The summed E-state index contributed by atoms with van der Waals surface area (Å²) in [6.07, 6.45) is 0. The minimum Gasteiger partial charge on any atom is -0.509 e. The van der Waals surface area contributed by atoms with Crippen LogP contribution in [-0.2, 0) is 18.6 Å². The molecular formula is C3H7NUV. The summed E-state index contributed by atoms with van der Waals surface area (Å²) >= 11 is 0. The van der Waals surface area contributed by atoms with E-state index in [2.05, 4.69) is 11.7 Å². The largest absolute Gasteiger partial charge is 2.00 e. The number of nitrogens with zero attached hydrogens (tertiary/aromatic N) is 1. The van der Waals surface area contributed by atoms with Gasteiger partial charge in [0.15, 0.2) is 0 Å². The second kappa shape index (κ2) is 33.4. The van der Waals surface area contributed by atoms with Gasteiger partial charge in [0.1, 0.15) is 0 Å². The SMILES string of the molecule is [CH-]=NC.[CH3-].[U+2].[V]. The Bertz CT molecular complexity index is 18.3. The molecule has 0 atom stereocenters. The van der Waals surface area contributed by atoms with Gasteiger partial charge in [-0.25, -0.2) is 0 Å². The smallest absolute Gasteiger partial charge is 0.509 e. The second-order valence-electron chi connectivity index (χ2n) is 0.258. The third kappa shape index (κ3) is 57.7. The standard InChI is InChI=1S/C2H4N.CH3.U.V/c1-3-2;;;/h1H,2H3;1H3;;/q2*-1;+2;. The minimum absolute atomic E-state index is 0. The van der Waals surface area contributed by atoms with E-state index in [0.29, 0.717) is 0 Å². The molecule has 0 aliphatic rings. The average molecular weight is 346 g/mol. The van der Waals surface area contributed by atoms with Crippen LogP contribution < -0.4 is 0 Å². The third-order valence-corrected chi connectivity index (χ3v) is 0. The summed E-state index contributed by atoms with van der Waals surface area (Å²) in [5, 5.41) is 0. The van der Waals surface area contributed by atoms with Crippen molar-refractivity contribution in [3.05, 3.63) is 7.43 Å². The molecule has 0 spiro atoms. The Morgan fingerprint density at radius 1 is 1.50 bits per heavy atom. The molecule has 0 heterocycles. The van der Waals surface area contributed by atoms with Gasteiger partial charge in [0.05, 0.1) is 0 Å². The molecule has 0 rings (SSSR count). The number of rotatable bonds is 0. The van der Waals surface area contributed by atoms with E-state index in [1.54, 1.807) is 0 Å². The van der Waals surface area contributed by atoms with E-state index in [0.717, 1.165) is 0 Å². The van der Waals surface area contributed by atoms with Crippen LogP contribution in [0, 0.1) is 38.5 Å². The summed E-state index contributed by atoms with van der Waals surface area (Å²) in [5.74, 6) is 0. The fraction of sp³-hybridized carbons (Fsp3) is 0.333. The van der Waals surface area contributed by atoms with Gasteiger partial charge in [-0.05, 0) is 7.05 Å². The van der Waals surface area contributed by atoms with E-state index in [1.165, 1.54) is 7.05 Å².